The Morgan fingerprint density at radius 2 is 1.93 bits per heavy atom. The molecule has 1 aliphatic rings. The number of hydrogen-bond donors (Lipinski definition) is 1. The zero-order chi connectivity index (χ0) is 29.2. The summed E-state index contributed by atoms with van der Waals surface area (Å²) < 4.78 is 77.3. The van der Waals surface area contributed by atoms with Crippen molar-refractivity contribution < 1.29 is 31.1 Å². The number of halogens is 1. The first-order chi connectivity index (χ1) is 18.8. The van der Waals surface area contributed by atoms with Gasteiger partial charge in [-0.25, -0.2) is 26.2 Å². The summed E-state index contributed by atoms with van der Waals surface area (Å²) in [5.74, 6) is 4.85. The van der Waals surface area contributed by atoms with E-state index in [4.69, 9.17) is 4.74 Å². The zero-order valence-electron chi connectivity index (χ0n) is 22.5. The van der Waals surface area contributed by atoms with Crippen molar-refractivity contribution in [1.29, 1.82) is 0 Å². The summed E-state index contributed by atoms with van der Waals surface area (Å²) in [6, 6.07) is 9.40. The molecule has 0 saturated heterocycles. The van der Waals surface area contributed by atoms with Crippen LogP contribution in [0.25, 0.3) is 0 Å². The monoisotopic (exact) mass is 590 g/mol. The van der Waals surface area contributed by atoms with Gasteiger partial charge in [0.25, 0.3) is 10.0 Å². The van der Waals surface area contributed by atoms with Crippen LogP contribution in [0.4, 0.5) is 4.39 Å². The van der Waals surface area contributed by atoms with Crippen molar-refractivity contribution in [2.45, 2.75) is 35.9 Å². The number of nitrogens with zero attached hydrogens (tertiary/aromatic N) is 4. The lowest BCUT2D eigenvalue weighted by Crippen LogP contribution is -2.50. The molecule has 1 N–H and O–H groups in total. The molecule has 1 aromatic heterocycles. The molecule has 0 aliphatic carbocycles. The summed E-state index contributed by atoms with van der Waals surface area (Å²) in [6.07, 6.45) is 2.01. The Morgan fingerprint density at radius 3 is 2.55 bits per heavy atom. The SMILES string of the molecule is C[C@@H]1CN([C@@H](C)CO)S(=O)(=O)c2ccc(C#Cc3cccc(F)c3)cc2O[C@@H]1CN(C)S(=O)(=O)c1cn(C)cn1. The smallest absolute Gasteiger partial charge is 0.261 e. The predicted molar refractivity (Wildman–Crippen MR) is 146 cm³/mol. The third kappa shape index (κ3) is 6.21. The number of ether oxygens (including phenoxy) is 1. The standard InChI is InChI=1S/C27H31FN4O6S2/c1-19-14-32(20(2)17-33)39(34,35)26-11-10-22(9-8-21-6-5-7-23(28)12-21)13-24(26)38-25(19)15-31(4)40(36,37)27-16-30(3)18-29-27/h5-7,10-13,16,18-20,25,33H,14-15,17H2,1-4H3/t19-,20+,25-/m1/s1. The molecule has 13 heteroatoms. The number of benzene rings is 2. The van der Waals surface area contributed by atoms with Crippen molar-refractivity contribution in [1.82, 2.24) is 18.2 Å². The Bertz CT molecular complexity index is 1660. The summed E-state index contributed by atoms with van der Waals surface area (Å²) in [5.41, 5.74) is 0.859. The maximum absolute atomic E-state index is 13.7. The molecule has 40 heavy (non-hydrogen) atoms. The highest BCUT2D eigenvalue weighted by molar-refractivity contribution is 7.89. The van der Waals surface area contributed by atoms with Gasteiger partial charge in [-0.2, -0.15) is 8.61 Å². The van der Waals surface area contributed by atoms with E-state index in [2.05, 4.69) is 16.8 Å². The molecule has 3 atom stereocenters. The van der Waals surface area contributed by atoms with Gasteiger partial charge in [-0.3, -0.25) is 0 Å². The minimum absolute atomic E-state index is 0.00126. The van der Waals surface area contributed by atoms with Crippen molar-refractivity contribution >= 4 is 20.0 Å². The fourth-order valence-electron chi connectivity index (χ4n) is 4.27. The van der Waals surface area contributed by atoms with Gasteiger partial charge in [0.15, 0.2) is 5.03 Å². The Hall–Kier alpha value is -3.28. The first-order valence-corrected chi connectivity index (χ1v) is 15.4. The van der Waals surface area contributed by atoms with Crippen LogP contribution in [0, 0.1) is 23.6 Å². The number of imidazole rings is 1. The van der Waals surface area contributed by atoms with Gasteiger partial charge < -0.3 is 14.4 Å². The largest absolute Gasteiger partial charge is 0.487 e. The molecule has 3 aromatic rings. The molecule has 10 nitrogen and oxygen atoms in total. The van der Waals surface area contributed by atoms with E-state index in [1.807, 2.05) is 0 Å². The zero-order valence-corrected chi connectivity index (χ0v) is 24.2. The highest BCUT2D eigenvalue weighted by atomic mass is 32.2. The van der Waals surface area contributed by atoms with Crippen LogP contribution < -0.4 is 4.74 Å². The minimum Gasteiger partial charge on any atom is -0.487 e. The first kappa shape index (κ1) is 29.7. The van der Waals surface area contributed by atoms with Gasteiger partial charge in [-0.05, 0) is 43.3 Å². The maximum atomic E-state index is 13.7. The van der Waals surface area contributed by atoms with Crippen LogP contribution in [-0.4, -0.2) is 79.0 Å². The molecule has 2 aromatic carbocycles. The van der Waals surface area contributed by atoms with Crippen LogP contribution in [0.15, 0.2) is 64.9 Å². The second-order valence-electron chi connectivity index (χ2n) is 9.82. The molecule has 2 heterocycles. The predicted octanol–water partition coefficient (Wildman–Crippen LogP) is 2.05. The lowest BCUT2D eigenvalue weighted by molar-refractivity contribution is 0.0904. The molecule has 1 aliphatic heterocycles. The Morgan fingerprint density at radius 1 is 1.23 bits per heavy atom. The van der Waals surface area contributed by atoms with Crippen LogP contribution in [0.2, 0.25) is 0 Å². The van der Waals surface area contributed by atoms with Gasteiger partial charge in [0, 0.05) is 49.9 Å². The number of aromatic nitrogens is 2. The maximum Gasteiger partial charge on any atom is 0.261 e. The summed E-state index contributed by atoms with van der Waals surface area (Å²) in [4.78, 5) is 3.83. The van der Waals surface area contributed by atoms with Crippen molar-refractivity contribution in [2.75, 3.05) is 26.7 Å². The van der Waals surface area contributed by atoms with Crippen LogP contribution >= 0.6 is 0 Å². The van der Waals surface area contributed by atoms with E-state index in [-0.39, 0.29) is 28.8 Å². The van der Waals surface area contributed by atoms with Crippen LogP contribution in [0.5, 0.6) is 5.75 Å². The van der Waals surface area contributed by atoms with Crippen LogP contribution in [0.1, 0.15) is 25.0 Å². The molecule has 0 amide bonds. The number of aryl methyl sites for hydroxylation is 1. The van der Waals surface area contributed by atoms with Gasteiger partial charge in [0.1, 0.15) is 22.6 Å². The van der Waals surface area contributed by atoms with E-state index >= 15 is 0 Å². The Kier molecular flexibility index (Phi) is 8.67. The number of aliphatic hydroxyl groups excluding tert-OH is 1. The molecule has 0 bridgehead atoms. The molecular weight excluding hydrogens is 559 g/mol. The quantitative estimate of drug-likeness (QED) is 0.436. The average molecular weight is 591 g/mol. The van der Waals surface area contributed by atoms with E-state index < -0.39 is 50.5 Å². The lowest BCUT2D eigenvalue weighted by atomic mass is 10.0. The van der Waals surface area contributed by atoms with E-state index in [0.29, 0.717) is 11.1 Å². The lowest BCUT2D eigenvalue weighted by Gasteiger charge is -2.37. The van der Waals surface area contributed by atoms with Gasteiger partial charge in [0.05, 0.1) is 19.5 Å². The molecule has 0 radical (unpaired) electrons. The third-order valence-electron chi connectivity index (χ3n) is 6.64. The highest BCUT2D eigenvalue weighted by Crippen LogP contribution is 2.34. The Balaban J connectivity index is 1.75. The first-order valence-electron chi connectivity index (χ1n) is 12.5. The number of hydrogen-bond acceptors (Lipinski definition) is 7. The van der Waals surface area contributed by atoms with Crippen molar-refractivity contribution in [3.05, 3.63) is 71.9 Å². The fraction of sp³-hybridized carbons (Fsp3) is 0.370. The number of rotatable bonds is 6. The van der Waals surface area contributed by atoms with E-state index in [9.17, 15) is 26.3 Å². The van der Waals surface area contributed by atoms with Crippen molar-refractivity contribution in [3.63, 3.8) is 0 Å². The second kappa shape index (κ2) is 11.7. The van der Waals surface area contributed by atoms with Gasteiger partial charge in [-0.1, -0.05) is 24.8 Å². The topological polar surface area (TPSA) is 122 Å². The summed E-state index contributed by atoms with van der Waals surface area (Å²) in [5, 5.41) is 9.70. The minimum atomic E-state index is -4.09. The van der Waals surface area contributed by atoms with Crippen LogP contribution in [0.3, 0.4) is 0 Å². The van der Waals surface area contributed by atoms with E-state index in [0.717, 1.165) is 4.31 Å². The summed E-state index contributed by atoms with van der Waals surface area (Å²) >= 11 is 0. The van der Waals surface area contributed by atoms with Gasteiger partial charge in [-0.15, -0.1) is 0 Å². The molecule has 0 spiro atoms. The van der Waals surface area contributed by atoms with E-state index in [1.54, 1.807) is 27.0 Å². The second-order valence-corrected chi connectivity index (χ2v) is 13.7. The molecule has 0 saturated carbocycles. The number of fused-ring (bicyclic) bond motifs is 1. The molecule has 0 fully saturated rings. The van der Waals surface area contributed by atoms with Crippen LogP contribution in [-0.2, 0) is 27.1 Å². The summed E-state index contributed by atoms with van der Waals surface area (Å²) in [6.45, 7) is 2.85. The normalized spacial score (nSPS) is 20.0. The number of aliphatic hydroxyl groups is 1. The average Bonchev–Trinajstić information content (AvgIpc) is 3.36. The Labute approximate surface area is 234 Å². The highest BCUT2D eigenvalue weighted by Gasteiger charge is 2.39. The van der Waals surface area contributed by atoms with Crippen molar-refractivity contribution in [2.24, 2.45) is 13.0 Å². The molecule has 0 unspecified atom stereocenters. The summed E-state index contributed by atoms with van der Waals surface area (Å²) in [7, 11) is -4.97. The fourth-order valence-corrected chi connectivity index (χ4v) is 7.23. The van der Waals surface area contributed by atoms with Crippen molar-refractivity contribution in [3.8, 4) is 17.6 Å². The number of likely N-dealkylation sites (N-methyl/N-ethyl adjacent to an activating group) is 1. The molecule has 4 rings (SSSR count). The van der Waals surface area contributed by atoms with Gasteiger partial charge >= 0.3 is 0 Å². The number of sulfonamides is 2. The van der Waals surface area contributed by atoms with E-state index in [1.165, 1.54) is 64.8 Å². The molecule has 214 valence electrons. The third-order valence-corrected chi connectivity index (χ3v) is 10.4. The molecular formula is C27H31FN4O6S2. The van der Waals surface area contributed by atoms with Gasteiger partial charge in [0.2, 0.25) is 10.0 Å².